The summed E-state index contributed by atoms with van der Waals surface area (Å²) < 4.78 is 60.1. The van der Waals surface area contributed by atoms with Gasteiger partial charge in [-0.3, -0.25) is 13.9 Å². The number of esters is 1. The molecule has 122 valence electrons. The van der Waals surface area contributed by atoms with E-state index in [1.165, 1.54) is 0 Å². The highest BCUT2D eigenvalue weighted by molar-refractivity contribution is 7.89. The van der Waals surface area contributed by atoms with Crippen LogP contribution in [0.15, 0.2) is 0 Å². The van der Waals surface area contributed by atoms with Crippen molar-refractivity contribution in [1.29, 1.82) is 0 Å². The van der Waals surface area contributed by atoms with Crippen molar-refractivity contribution in [3.8, 4) is 0 Å². The van der Waals surface area contributed by atoms with Gasteiger partial charge >= 0.3 is 5.97 Å². The van der Waals surface area contributed by atoms with E-state index in [1.807, 2.05) is 0 Å². The third-order valence-electron chi connectivity index (χ3n) is 1.43. The second-order valence-corrected chi connectivity index (χ2v) is 7.31. The third-order valence-corrected chi connectivity index (χ3v) is 3.13. The Kier molecular flexibility index (Phi) is 9.95. The van der Waals surface area contributed by atoms with Crippen molar-refractivity contribution in [2.45, 2.75) is 39.4 Å². The van der Waals surface area contributed by atoms with Gasteiger partial charge in [0.2, 0.25) is 0 Å². The minimum absolute atomic E-state index is 0.0815. The lowest BCUT2D eigenvalue weighted by Crippen LogP contribution is -2.16. The van der Waals surface area contributed by atoms with Crippen LogP contribution in [0.2, 0.25) is 0 Å². The van der Waals surface area contributed by atoms with Crippen molar-refractivity contribution in [2.75, 3.05) is 11.5 Å². The predicted molar refractivity (Wildman–Crippen MR) is 70.4 cm³/mol. The van der Waals surface area contributed by atoms with E-state index in [4.69, 9.17) is 18.9 Å². The van der Waals surface area contributed by atoms with Crippen molar-refractivity contribution in [1.82, 2.24) is 0 Å². The Morgan fingerprint density at radius 3 is 1.55 bits per heavy atom. The molecule has 0 aliphatic rings. The molecule has 0 aromatic heterocycles. The minimum atomic E-state index is -4.30. The second-order valence-electron chi connectivity index (χ2n) is 4.16. The summed E-state index contributed by atoms with van der Waals surface area (Å²) in [6.07, 6.45) is -0.615. The molecule has 0 spiro atoms. The summed E-state index contributed by atoms with van der Waals surface area (Å²) in [6, 6.07) is 0. The Labute approximate surface area is 118 Å². The number of hydrogen-bond donors (Lipinski definition) is 3. The first-order valence-corrected chi connectivity index (χ1v) is 8.72. The summed E-state index contributed by atoms with van der Waals surface area (Å²) in [6.45, 7) is 5.11. The second kappa shape index (κ2) is 9.23. The summed E-state index contributed by atoms with van der Waals surface area (Å²) in [5.41, 5.74) is 0. The monoisotopic (exact) mass is 336 g/mol. The molecule has 0 aromatic rings. The van der Waals surface area contributed by atoms with E-state index in [1.54, 1.807) is 20.8 Å². The first-order chi connectivity index (χ1) is 8.73. The molecule has 0 radical (unpaired) electrons. The molecule has 0 aliphatic carbocycles. The zero-order chi connectivity index (χ0) is 16.6. The average Bonchev–Trinajstić information content (AvgIpc) is 2.10. The van der Waals surface area contributed by atoms with Gasteiger partial charge in [0.15, 0.2) is 0 Å². The fourth-order valence-electron chi connectivity index (χ4n) is 0.763. The topological polar surface area (TPSA) is 155 Å². The summed E-state index contributed by atoms with van der Waals surface area (Å²) in [7, 11) is -8.59. The Hall–Kier alpha value is -0.750. The fourth-order valence-corrected chi connectivity index (χ4v) is 2.45. The number of aliphatic hydroxyl groups is 1. The molecule has 0 heterocycles. The van der Waals surface area contributed by atoms with Gasteiger partial charge in [-0.15, -0.1) is 0 Å². The van der Waals surface area contributed by atoms with Crippen molar-refractivity contribution in [3.05, 3.63) is 0 Å². The van der Waals surface area contributed by atoms with Gasteiger partial charge in [0.1, 0.15) is 0 Å². The molecule has 0 saturated heterocycles. The zero-order valence-electron chi connectivity index (χ0n) is 11.4. The zero-order valence-corrected chi connectivity index (χ0v) is 13.0. The molecule has 0 aromatic carbocycles. The van der Waals surface area contributed by atoms with Crippen molar-refractivity contribution in [3.63, 3.8) is 0 Å². The molecule has 1 unspecified atom stereocenters. The molecule has 11 heteroatoms. The molecule has 0 saturated carbocycles. The van der Waals surface area contributed by atoms with E-state index in [2.05, 4.69) is 0 Å². The normalized spacial score (nSPS) is 13.3. The molecule has 0 bridgehead atoms. The Bertz CT molecular complexity index is 432. The molecule has 0 fully saturated rings. The van der Waals surface area contributed by atoms with Gasteiger partial charge in [0.05, 0.1) is 30.1 Å². The number of rotatable bonds is 6. The number of aliphatic hydroxyl groups excluding tert-OH is 1. The van der Waals surface area contributed by atoms with E-state index >= 15 is 0 Å². The minimum Gasteiger partial charge on any atom is -0.463 e. The fraction of sp³-hybridized carbons (Fsp3) is 0.889. The van der Waals surface area contributed by atoms with E-state index in [0.717, 1.165) is 0 Å². The van der Waals surface area contributed by atoms with Gasteiger partial charge in [-0.05, 0) is 20.8 Å². The van der Waals surface area contributed by atoms with Crippen molar-refractivity contribution < 1.29 is 40.6 Å². The van der Waals surface area contributed by atoms with E-state index in [0.29, 0.717) is 0 Å². The molecule has 9 nitrogen and oxygen atoms in total. The average molecular weight is 336 g/mol. The number of carbonyl (C=O) groups excluding carboxylic acids is 1. The van der Waals surface area contributed by atoms with Crippen LogP contribution < -0.4 is 0 Å². The largest absolute Gasteiger partial charge is 0.463 e. The lowest BCUT2D eigenvalue weighted by Gasteiger charge is -2.08. The Morgan fingerprint density at radius 1 is 1.00 bits per heavy atom. The van der Waals surface area contributed by atoms with Crippen LogP contribution in [-0.4, -0.2) is 60.7 Å². The van der Waals surface area contributed by atoms with Gasteiger partial charge < -0.3 is 9.84 Å². The summed E-state index contributed by atoms with van der Waals surface area (Å²) in [5.74, 6) is -2.30. The van der Waals surface area contributed by atoms with Crippen LogP contribution in [-0.2, 0) is 29.8 Å². The lowest BCUT2D eigenvalue weighted by atomic mass is 10.3. The SMILES string of the molecule is CC(O)CC(=O)OC(C)C.O=S(=O)(O)CCS(=O)(=O)O. The molecule has 3 N–H and O–H groups in total. The van der Waals surface area contributed by atoms with Crippen LogP contribution in [0.4, 0.5) is 0 Å². The maximum Gasteiger partial charge on any atom is 0.308 e. The molecule has 1 atom stereocenters. The molecular formula is C9H20O9S2. The maximum absolute atomic E-state index is 10.7. The third kappa shape index (κ3) is 22.4. The first kappa shape index (κ1) is 21.5. The van der Waals surface area contributed by atoms with Gasteiger partial charge in [-0.2, -0.15) is 16.8 Å². The summed E-state index contributed by atoms with van der Waals surface area (Å²) in [4.78, 5) is 10.7. The van der Waals surface area contributed by atoms with E-state index < -0.39 is 37.8 Å². The van der Waals surface area contributed by atoms with Crippen LogP contribution in [0.3, 0.4) is 0 Å². The van der Waals surface area contributed by atoms with Crippen LogP contribution in [0.5, 0.6) is 0 Å². The molecule has 20 heavy (non-hydrogen) atoms. The first-order valence-electron chi connectivity index (χ1n) is 5.51. The van der Waals surface area contributed by atoms with Crippen LogP contribution in [0, 0.1) is 0 Å². The van der Waals surface area contributed by atoms with Gasteiger partial charge in [-0.25, -0.2) is 0 Å². The highest BCUT2D eigenvalue weighted by Gasteiger charge is 2.11. The highest BCUT2D eigenvalue weighted by Crippen LogP contribution is 1.96. The van der Waals surface area contributed by atoms with E-state index in [-0.39, 0.29) is 18.5 Å². The number of hydrogen-bond acceptors (Lipinski definition) is 7. The van der Waals surface area contributed by atoms with Crippen LogP contribution in [0.25, 0.3) is 0 Å². The smallest absolute Gasteiger partial charge is 0.308 e. The molecule has 0 aliphatic heterocycles. The number of carbonyl (C=O) groups is 1. The molecule has 0 rings (SSSR count). The summed E-state index contributed by atoms with van der Waals surface area (Å²) >= 11 is 0. The predicted octanol–water partition coefficient (Wildman–Crippen LogP) is -0.529. The number of ether oxygens (including phenoxy) is 1. The molecular weight excluding hydrogens is 316 g/mol. The van der Waals surface area contributed by atoms with Crippen molar-refractivity contribution >= 4 is 26.2 Å². The Balaban J connectivity index is 0. The quantitative estimate of drug-likeness (QED) is 0.428. The Morgan fingerprint density at radius 2 is 1.35 bits per heavy atom. The van der Waals surface area contributed by atoms with Crippen LogP contribution >= 0.6 is 0 Å². The van der Waals surface area contributed by atoms with E-state index in [9.17, 15) is 21.6 Å². The highest BCUT2D eigenvalue weighted by atomic mass is 32.2. The van der Waals surface area contributed by atoms with Gasteiger partial charge in [0, 0.05) is 0 Å². The maximum atomic E-state index is 10.7. The van der Waals surface area contributed by atoms with Gasteiger partial charge in [-0.1, -0.05) is 0 Å². The van der Waals surface area contributed by atoms with Crippen molar-refractivity contribution in [2.24, 2.45) is 0 Å². The summed E-state index contributed by atoms with van der Waals surface area (Å²) in [5, 5.41) is 8.73. The van der Waals surface area contributed by atoms with Crippen LogP contribution in [0.1, 0.15) is 27.2 Å². The van der Waals surface area contributed by atoms with Gasteiger partial charge in [0.25, 0.3) is 20.2 Å². The lowest BCUT2D eigenvalue weighted by molar-refractivity contribution is -0.149. The molecule has 0 amide bonds. The standard InChI is InChI=1S/C7H14O3.C2H6O6S2/c1-5(2)10-7(9)4-6(3)8;3-9(4,5)1-2-10(6,7)8/h5-6,8H,4H2,1-3H3;1-2H2,(H,3,4,5)(H,6,7,8).